The highest BCUT2D eigenvalue weighted by atomic mass is 16.5. The molecule has 1 amide bonds. The van der Waals surface area contributed by atoms with Crippen LogP contribution in [0.4, 0.5) is 0 Å². The molecule has 2 aliphatic heterocycles. The molecule has 2 aliphatic rings. The second-order valence-electron chi connectivity index (χ2n) is 7.36. The molecule has 2 aromatic rings. The van der Waals surface area contributed by atoms with E-state index < -0.39 is 17.7 Å². The van der Waals surface area contributed by atoms with E-state index in [1.165, 1.54) is 0 Å². The predicted molar refractivity (Wildman–Crippen MR) is 106 cm³/mol. The average molecular weight is 377 g/mol. The van der Waals surface area contributed by atoms with Crippen molar-refractivity contribution >= 4 is 17.4 Å². The van der Waals surface area contributed by atoms with E-state index in [9.17, 15) is 14.7 Å². The summed E-state index contributed by atoms with van der Waals surface area (Å²) in [5, 5.41) is 10.9. The van der Waals surface area contributed by atoms with Gasteiger partial charge in [-0.25, -0.2) is 0 Å². The number of aryl methyl sites for hydroxylation is 1. The summed E-state index contributed by atoms with van der Waals surface area (Å²) in [5.41, 5.74) is 2.55. The van der Waals surface area contributed by atoms with Crippen molar-refractivity contribution in [2.24, 2.45) is 0 Å². The van der Waals surface area contributed by atoms with Crippen molar-refractivity contribution in [2.75, 3.05) is 13.2 Å². The third-order valence-corrected chi connectivity index (χ3v) is 5.40. The molecule has 1 N–H and O–H groups in total. The van der Waals surface area contributed by atoms with Gasteiger partial charge in [0.2, 0.25) is 0 Å². The number of carbonyl (C=O) groups excluding carboxylic acids is 2. The second-order valence-corrected chi connectivity index (χ2v) is 7.36. The number of amides is 1. The molecular formula is C23H23NO4. The van der Waals surface area contributed by atoms with Gasteiger partial charge >= 0.3 is 0 Å². The highest BCUT2D eigenvalue weighted by molar-refractivity contribution is 6.46. The van der Waals surface area contributed by atoms with E-state index >= 15 is 0 Å². The quantitative estimate of drug-likeness (QED) is 0.502. The van der Waals surface area contributed by atoms with Crippen LogP contribution in [0.5, 0.6) is 0 Å². The molecule has 2 atom stereocenters. The molecule has 0 aliphatic carbocycles. The summed E-state index contributed by atoms with van der Waals surface area (Å²) in [6.07, 6.45) is 1.73. The van der Waals surface area contributed by atoms with Crippen LogP contribution in [0.2, 0.25) is 0 Å². The molecule has 0 radical (unpaired) electrons. The van der Waals surface area contributed by atoms with E-state index in [1.54, 1.807) is 29.2 Å². The number of ether oxygens (including phenoxy) is 1. The van der Waals surface area contributed by atoms with Crippen LogP contribution in [-0.4, -0.2) is 41.0 Å². The molecule has 5 nitrogen and oxygen atoms in total. The number of hydrogen-bond donors (Lipinski definition) is 1. The molecular weight excluding hydrogens is 354 g/mol. The SMILES string of the molecule is Cc1ccc([C@@H]2/C(=C(\O)c3ccccc3)C(=O)C(=O)N2C[C@@H]2CCCO2)cc1. The summed E-state index contributed by atoms with van der Waals surface area (Å²) in [5.74, 6) is -1.37. The van der Waals surface area contributed by atoms with Gasteiger partial charge in [0.25, 0.3) is 11.7 Å². The van der Waals surface area contributed by atoms with Crippen molar-refractivity contribution in [1.29, 1.82) is 0 Å². The number of nitrogens with zero attached hydrogens (tertiary/aromatic N) is 1. The van der Waals surface area contributed by atoms with Crippen LogP contribution in [0.15, 0.2) is 60.2 Å². The first-order valence-corrected chi connectivity index (χ1v) is 9.58. The Bertz CT molecular complexity index is 911. The number of benzene rings is 2. The summed E-state index contributed by atoms with van der Waals surface area (Å²) in [7, 11) is 0. The molecule has 0 spiro atoms. The van der Waals surface area contributed by atoms with Crippen LogP contribution in [-0.2, 0) is 14.3 Å². The minimum atomic E-state index is -0.648. The Morgan fingerprint density at radius 2 is 1.82 bits per heavy atom. The van der Waals surface area contributed by atoms with Crippen LogP contribution in [0.1, 0.15) is 35.6 Å². The lowest BCUT2D eigenvalue weighted by Crippen LogP contribution is -2.36. The van der Waals surface area contributed by atoms with Gasteiger partial charge in [-0.15, -0.1) is 0 Å². The number of ketones is 1. The first kappa shape index (κ1) is 18.4. The first-order valence-electron chi connectivity index (χ1n) is 9.58. The van der Waals surface area contributed by atoms with E-state index in [0.29, 0.717) is 18.7 Å². The number of rotatable bonds is 4. The third kappa shape index (κ3) is 3.34. The van der Waals surface area contributed by atoms with Gasteiger partial charge in [0, 0.05) is 18.7 Å². The molecule has 4 rings (SSSR count). The Balaban J connectivity index is 1.81. The molecule has 2 heterocycles. The summed E-state index contributed by atoms with van der Waals surface area (Å²) in [4.78, 5) is 27.3. The molecule has 0 saturated carbocycles. The van der Waals surface area contributed by atoms with Gasteiger partial charge in [-0.2, -0.15) is 0 Å². The average Bonchev–Trinajstić information content (AvgIpc) is 3.31. The fraction of sp³-hybridized carbons (Fsp3) is 0.304. The highest BCUT2D eigenvalue weighted by Gasteiger charge is 2.46. The zero-order chi connectivity index (χ0) is 19.7. The van der Waals surface area contributed by atoms with Crippen molar-refractivity contribution in [3.63, 3.8) is 0 Å². The van der Waals surface area contributed by atoms with Crippen molar-refractivity contribution < 1.29 is 19.4 Å². The standard InChI is InChI=1S/C23H23NO4/c1-15-9-11-16(12-10-15)20-19(21(25)17-6-3-2-4-7-17)22(26)23(27)24(20)14-18-8-5-13-28-18/h2-4,6-7,9-12,18,20,25H,5,8,13-14H2,1H3/b21-19+/t18-,20+/m0/s1. The Morgan fingerprint density at radius 3 is 2.46 bits per heavy atom. The van der Waals surface area contributed by atoms with Gasteiger partial charge in [0.1, 0.15) is 5.76 Å². The summed E-state index contributed by atoms with van der Waals surface area (Å²) < 4.78 is 5.70. The van der Waals surface area contributed by atoms with Gasteiger partial charge in [0.15, 0.2) is 0 Å². The number of carbonyl (C=O) groups is 2. The Morgan fingerprint density at radius 1 is 1.11 bits per heavy atom. The maximum absolute atomic E-state index is 12.9. The fourth-order valence-electron chi connectivity index (χ4n) is 3.92. The largest absolute Gasteiger partial charge is 0.507 e. The maximum Gasteiger partial charge on any atom is 0.295 e. The number of aliphatic hydroxyl groups excluding tert-OH is 1. The lowest BCUT2D eigenvalue weighted by atomic mass is 9.94. The van der Waals surface area contributed by atoms with Crippen LogP contribution >= 0.6 is 0 Å². The Hall–Kier alpha value is -2.92. The van der Waals surface area contributed by atoms with Crippen molar-refractivity contribution in [1.82, 2.24) is 4.90 Å². The van der Waals surface area contributed by atoms with E-state index in [-0.39, 0.29) is 17.4 Å². The van der Waals surface area contributed by atoms with E-state index in [4.69, 9.17) is 4.74 Å². The van der Waals surface area contributed by atoms with E-state index in [2.05, 4.69) is 0 Å². The van der Waals surface area contributed by atoms with Gasteiger partial charge < -0.3 is 14.7 Å². The van der Waals surface area contributed by atoms with Crippen LogP contribution in [0.25, 0.3) is 5.76 Å². The smallest absolute Gasteiger partial charge is 0.295 e. The van der Waals surface area contributed by atoms with Gasteiger partial charge in [-0.3, -0.25) is 9.59 Å². The van der Waals surface area contributed by atoms with Crippen molar-refractivity contribution in [2.45, 2.75) is 31.9 Å². The number of likely N-dealkylation sites (tertiary alicyclic amines) is 1. The lowest BCUT2D eigenvalue weighted by Gasteiger charge is -2.27. The summed E-state index contributed by atoms with van der Waals surface area (Å²) in [6.45, 7) is 3.00. The molecule has 144 valence electrons. The molecule has 5 heteroatoms. The minimum absolute atomic E-state index is 0.0806. The van der Waals surface area contributed by atoms with E-state index in [1.807, 2.05) is 37.3 Å². The molecule has 0 unspecified atom stereocenters. The van der Waals surface area contributed by atoms with Crippen LogP contribution < -0.4 is 0 Å². The first-order chi connectivity index (χ1) is 13.6. The van der Waals surface area contributed by atoms with Gasteiger partial charge in [-0.05, 0) is 25.3 Å². The minimum Gasteiger partial charge on any atom is -0.507 e. The van der Waals surface area contributed by atoms with Crippen LogP contribution in [0, 0.1) is 6.92 Å². The van der Waals surface area contributed by atoms with E-state index in [0.717, 1.165) is 24.0 Å². The number of aliphatic hydroxyl groups is 1. The summed E-state index contributed by atoms with van der Waals surface area (Å²) >= 11 is 0. The second kappa shape index (κ2) is 7.60. The Labute approximate surface area is 164 Å². The monoisotopic (exact) mass is 377 g/mol. The highest BCUT2D eigenvalue weighted by Crippen LogP contribution is 2.40. The molecule has 2 fully saturated rings. The number of Topliss-reactive ketones (excluding diaryl/α,β-unsaturated/α-hetero) is 1. The normalized spacial score (nSPS) is 24.1. The summed E-state index contributed by atoms with van der Waals surface area (Å²) in [6, 6.07) is 16.0. The van der Waals surface area contributed by atoms with Gasteiger partial charge in [0.05, 0.1) is 17.7 Å². The van der Waals surface area contributed by atoms with Crippen molar-refractivity contribution in [3.05, 3.63) is 76.9 Å². The third-order valence-electron chi connectivity index (χ3n) is 5.40. The zero-order valence-electron chi connectivity index (χ0n) is 15.8. The fourth-order valence-corrected chi connectivity index (χ4v) is 3.92. The lowest BCUT2D eigenvalue weighted by molar-refractivity contribution is -0.140. The van der Waals surface area contributed by atoms with Crippen molar-refractivity contribution in [3.8, 4) is 0 Å². The Kier molecular flexibility index (Phi) is 5.01. The molecule has 2 saturated heterocycles. The molecule has 2 aromatic carbocycles. The number of hydrogen-bond acceptors (Lipinski definition) is 4. The zero-order valence-corrected chi connectivity index (χ0v) is 15.8. The predicted octanol–water partition coefficient (Wildman–Crippen LogP) is 3.60. The molecule has 0 bridgehead atoms. The topological polar surface area (TPSA) is 66.8 Å². The molecule has 28 heavy (non-hydrogen) atoms. The van der Waals surface area contributed by atoms with Gasteiger partial charge in [-0.1, -0.05) is 60.2 Å². The maximum atomic E-state index is 12.9. The molecule has 0 aromatic heterocycles. The van der Waals surface area contributed by atoms with Crippen LogP contribution in [0.3, 0.4) is 0 Å².